The van der Waals surface area contributed by atoms with Crippen LogP contribution in [0.15, 0.2) is 121 Å². The summed E-state index contributed by atoms with van der Waals surface area (Å²) < 4.78 is 21.4. The van der Waals surface area contributed by atoms with Crippen LogP contribution in [0.5, 0.6) is 5.75 Å². The number of aromatic nitrogens is 2. The Hall–Kier alpha value is -5.48. The fourth-order valence-electron chi connectivity index (χ4n) is 4.09. The minimum atomic E-state index is -0.471. The predicted molar refractivity (Wildman–Crippen MR) is 152 cm³/mol. The van der Waals surface area contributed by atoms with E-state index in [-0.39, 0.29) is 18.0 Å². The van der Waals surface area contributed by atoms with Gasteiger partial charge in [0, 0.05) is 29.4 Å². The van der Waals surface area contributed by atoms with Gasteiger partial charge in [0.2, 0.25) is 0 Å². The second-order valence-corrected chi connectivity index (χ2v) is 8.96. The molecule has 5 rings (SSSR count). The van der Waals surface area contributed by atoms with Crippen molar-refractivity contribution in [1.82, 2.24) is 15.1 Å². The molecule has 6 nitrogen and oxygen atoms in total. The van der Waals surface area contributed by atoms with Crippen molar-refractivity contribution in [2.45, 2.75) is 13.2 Å². The number of nitriles is 1. The van der Waals surface area contributed by atoms with Crippen molar-refractivity contribution in [3.63, 3.8) is 0 Å². The maximum atomic E-state index is 13.9. The lowest BCUT2D eigenvalue weighted by Crippen LogP contribution is -2.23. The standard InChI is InChI=1S/C33H25FN4O2/c34-31-14-8-7-11-26(31)23-40-30-17-15-25(16-18-30)32-28(22-38(37-32)29-12-5-2-6-13-29)19-27(20-35)33(39)36-21-24-9-3-1-4-10-24/h1-19,22H,21,23H2,(H,36,39)/b27-19-. The highest BCUT2D eigenvalue weighted by atomic mass is 19.1. The lowest BCUT2D eigenvalue weighted by molar-refractivity contribution is -0.117. The van der Waals surface area contributed by atoms with E-state index in [1.165, 1.54) is 6.07 Å². The Balaban J connectivity index is 1.41. The first-order valence-corrected chi connectivity index (χ1v) is 12.7. The second kappa shape index (κ2) is 12.4. The van der Waals surface area contributed by atoms with Crippen molar-refractivity contribution in [2.24, 2.45) is 0 Å². The van der Waals surface area contributed by atoms with Crippen molar-refractivity contribution in [1.29, 1.82) is 5.26 Å². The highest BCUT2D eigenvalue weighted by Gasteiger charge is 2.15. The van der Waals surface area contributed by atoms with E-state index in [1.807, 2.05) is 78.9 Å². The highest BCUT2D eigenvalue weighted by molar-refractivity contribution is 6.02. The van der Waals surface area contributed by atoms with E-state index in [0.29, 0.717) is 29.1 Å². The zero-order valence-corrected chi connectivity index (χ0v) is 21.5. The highest BCUT2D eigenvalue weighted by Crippen LogP contribution is 2.28. The van der Waals surface area contributed by atoms with E-state index >= 15 is 0 Å². The molecule has 7 heteroatoms. The number of nitrogens with zero attached hydrogens (tertiary/aromatic N) is 3. The van der Waals surface area contributed by atoms with Crippen molar-refractivity contribution in [3.05, 3.63) is 143 Å². The molecule has 1 amide bonds. The summed E-state index contributed by atoms with van der Waals surface area (Å²) in [6.07, 6.45) is 3.33. The molecule has 40 heavy (non-hydrogen) atoms. The third kappa shape index (κ3) is 6.32. The largest absolute Gasteiger partial charge is 0.489 e. The van der Waals surface area contributed by atoms with Crippen LogP contribution in [-0.2, 0) is 17.9 Å². The summed E-state index contributed by atoms with van der Waals surface area (Å²) in [4.78, 5) is 12.9. The molecule has 1 heterocycles. The van der Waals surface area contributed by atoms with Crippen molar-refractivity contribution >= 4 is 12.0 Å². The molecular weight excluding hydrogens is 503 g/mol. The molecule has 0 radical (unpaired) electrons. The average molecular weight is 529 g/mol. The monoisotopic (exact) mass is 528 g/mol. The first kappa shape index (κ1) is 26.1. The summed E-state index contributed by atoms with van der Waals surface area (Å²) in [6, 6.07) is 34.8. The molecule has 196 valence electrons. The molecule has 0 aliphatic carbocycles. The number of ether oxygens (including phenoxy) is 1. The van der Waals surface area contributed by atoms with E-state index in [1.54, 1.807) is 47.3 Å². The number of nitrogens with one attached hydrogen (secondary N) is 1. The minimum Gasteiger partial charge on any atom is -0.489 e. The van der Waals surface area contributed by atoms with Gasteiger partial charge in [-0.15, -0.1) is 0 Å². The molecule has 0 fully saturated rings. The van der Waals surface area contributed by atoms with Crippen LogP contribution in [0.4, 0.5) is 4.39 Å². The molecule has 0 unspecified atom stereocenters. The van der Waals surface area contributed by atoms with Crippen LogP contribution in [0.1, 0.15) is 16.7 Å². The SMILES string of the molecule is N#C/C(=C/c1cn(-c2ccccc2)nc1-c1ccc(OCc2ccccc2F)cc1)C(=O)NCc1ccccc1. The van der Waals surface area contributed by atoms with Gasteiger partial charge >= 0.3 is 0 Å². The van der Waals surface area contributed by atoms with Crippen LogP contribution >= 0.6 is 0 Å². The normalized spacial score (nSPS) is 11.1. The summed E-state index contributed by atoms with van der Waals surface area (Å²) in [5.74, 6) is -0.214. The molecule has 0 spiro atoms. The number of benzene rings is 4. The molecule has 0 saturated heterocycles. The van der Waals surface area contributed by atoms with Gasteiger partial charge in [-0.25, -0.2) is 9.07 Å². The van der Waals surface area contributed by atoms with Gasteiger partial charge in [0.25, 0.3) is 5.91 Å². The number of para-hydroxylation sites is 1. The van der Waals surface area contributed by atoms with Gasteiger partial charge in [0.15, 0.2) is 0 Å². The number of carbonyl (C=O) groups excluding carboxylic acids is 1. The van der Waals surface area contributed by atoms with Crippen molar-refractivity contribution < 1.29 is 13.9 Å². The maximum Gasteiger partial charge on any atom is 0.262 e. The van der Waals surface area contributed by atoms with Crippen LogP contribution in [0.3, 0.4) is 0 Å². The average Bonchev–Trinajstić information content (AvgIpc) is 3.43. The first-order chi connectivity index (χ1) is 19.6. The van der Waals surface area contributed by atoms with E-state index in [0.717, 1.165) is 16.8 Å². The summed E-state index contributed by atoms with van der Waals surface area (Å²) in [6.45, 7) is 0.412. The number of amides is 1. The molecular formula is C33H25FN4O2. The summed E-state index contributed by atoms with van der Waals surface area (Å²) in [7, 11) is 0. The molecule has 5 aromatic rings. The number of carbonyl (C=O) groups is 1. The van der Waals surface area contributed by atoms with E-state index in [9.17, 15) is 14.4 Å². The Morgan fingerprint density at radius 2 is 1.60 bits per heavy atom. The smallest absolute Gasteiger partial charge is 0.262 e. The third-order valence-corrected chi connectivity index (χ3v) is 6.20. The van der Waals surface area contributed by atoms with Gasteiger partial charge < -0.3 is 10.1 Å². The van der Waals surface area contributed by atoms with E-state index < -0.39 is 5.91 Å². The van der Waals surface area contributed by atoms with E-state index in [2.05, 4.69) is 5.32 Å². The molecule has 0 atom stereocenters. The van der Waals surface area contributed by atoms with Gasteiger partial charge in [-0.3, -0.25) is 4.79 Å². The van der Waals surface area contributed by atoms with Crippen molar-refractivity contribution in [2.75, 3.05) is 0 Å². The molecule has 0 aliphatic heterocycles. The number of rotatable bonds is 9. The molecule has 1 aromatic heterocycles. The first-order valence-electron chi connectivity index (χ1n) is 12.7. The second-order valence-electron chi connectivity index (χ2n) is 8.96. The number of hydrogen-bond acceptors (Lipinski definition) is 4. The number of halogens is 1. The predicted octanol–water partition coefficient (Wildman–Crippen LogP) is 6.48. The van der Waals surface area contributed by atoms with Gasteiger partial charge in [0.1, 0.15) is 29.8 Å². The van der Waals surface area contributed by atoms with Crippen LogP contribution in [0, 0.1) is 17.1 Å². The van der Waals surface area contributed by atoms with Crippen LogP contribution in [-0.4, -0.2) is 15.7 Å². The Bertz CT molecular complexity index is 1670. The fourth-order valence-corrected chi connectivity index (χ4v) is 4.09. The minimum absolute atomic E-state index is 0.0327. The molecule has 0 saturated carbocycles. The van der Waals surface area contributed by atoms with Gasteiger partial charge in [0.05, 0.1) is 11.4 Å². The Kier molecular flexibility index (Phi) is 8.09. The zero-order valence-electron chi connectivity index (χ0n) is 21.5. The Morgan fingerprint density at radius 1 is 0.925 bits per heavy atom. The summed E-state index contributed by atoms with van der Waals surface area (Å²) in [5.41, 5.74) is 4.16. The maximum absolute atomic E-state index is 13.9. The fraction of sp³-hybridized carbons (Fsp3) is 0.0606. The molecule has 0 bridgehead atoms. The Morgan fingerprint density at radius 3 is 2.30 bits per heavy atom. The van der Waals surface area contributed by atoms with Crippen molar-refractivity contribution in [3.8, 4) is 28.8 Å². The Labute approximate surface area is 231 Å². The van der Waals surface area contributed by atoms with Crippen LogP contribution in [0.25, 0.3) is 23.0 Å². The van der Waals surface area contributed by atoms with Crippen LogP contribution in [0.2, 0.25) is 0 Å². The summed E-state index contributed by atoms with van der Waals surface area (Å²) in [5, 5.41) is 17.4. The quantitative estimate of drug-likeness (QED) is 0.175. The van der Waals surface area contributed by atoms with Gasteiger partial charge in [-0.2, -0.15) is 10.4 Å². The zero-order chi connectivity index (χ0) is 27.7. The van der Waals surface area contributed by atoms with Gasteiger partial charge in [-0.05, 0) is 54.1 Å². The van der Waals surface area contributed by atoms with E-state index in [4.69, 9.17) is 9.84 Å². The molecule has 4 aromatic carbocycles. The number of hydrogen-bond donors (Lipinski definition) is 1. The molecule has 1 N–H and O–H groups in total. The summed E-state index contributed by atoms with van der Waals surface area (Å²) >= 11 is 0. The molecule has 0 aliphatic rings. The van der Waals surface area contributed by atoms with Gasteiger partial charge in [-0.1, -0.05) is 66.7 Å². The third-order valence-electron chi connectivity index (χ3n) is 6.20. The van der Waals surface area contributed by atoms with Crippen LogP contribution < -0.4 is 10.1 Å². The topological polar surface area (TPSA) is 79.9 Å². The lowest BCUT2D eigenvalue weighted by Gasteiger charge is -2.08. The lowest BCUT2D eigenvalue weighted by atomic mass is 10.1.